The molecule has 0 aliphatic heterocycles. The first-order chi connectivity index (χ1) is 13.0. The molecule has 7 heteroatoms. The van der Waals surface area contributed by atoms with Crippen LogP contribution in [0.2, 0.25) is 0 Å². The Bertz CT molecular complexity index is 1050. The number of likely N-dealkylation sites (N-methyl/N-ethyl adjacent to an activating group) is 1. The van der Waals surface area contributed by atoms with Gasteiger partial charge in [-0.3, -0.25) is 14.2 Å². The van der Waals surface area contributed by atoms with E-state index in [0.717, 1.165) is 23.4 Å². The van der Waals surface area contributed by atoms with Crippen LogP contribution in [0.5, 0.6) is 0 Å². The molecule has 2 aromatic heterocycles. The number of carbonyl (C=O) groups excluding carboxylic acids is 1. The van der Waals surface area contributed by atoms with E-state index in [2.05, 4.69) is 4.98 Å². The highest BCUT2D eigenvalue weighted by atomic mass is 32.1. The fraction of sp³-hybridized carbons (Fsp3) is 0.400. The molecule has 4 rings (SSSR count). The van der Waals surface area contributed by atoms with Gasteiger partial charge in [0.05, 0.1) is 23.3 Å². The van der Waals surface area contributed by atoms with Crippen molar-refractivity contribution in [2.75, 3.05) is 7.05 Å². The van der Waals surface area contributed by atoms with E-state index in [1.54, 1.807) is 30.2 Å². The molecule has 3 aromatic rings. The van der Waals surface area contributed by atoms with Gasteiger partial charge in [-0.2, -0.15) is 0 Å². The van der Waals surface area contributed by atoms with Crippen molar-refractivity contribution >= 4 is 28.3 Å². The number of para-hydroxylation sites is 2. The molecule has 0 saturated carbocycles. The summed E-state index contributed by atoms with van der Waals surface area (Å²) in [4.78, 5) is 37.4. The quantitative estimate of drug-likeness (QED) is 0.696. The van der Waals surface area contributed by atoms with Crippen molar-refractivity contribution < 1.29 is 4.79 Å². The first-order valence-corrected chi connectivity index (χ1v) is 10.0. The number of fused-ring (bicyclic) bond motifs is 2. The van der Waals surface area contributed by atoms with Gasteiger partial charge in [0.25, 0.3) is 5.56 Å². The van der Waals surface area contributed by atoms with E-state index >= 15 is 0 Å². The van der Waals surface area contributed by atoms with E-state index < -0.39 is 0 Å². The normalized spacial score (nSPS) is 13.6. The van der Waals surface area contributed by atoms with Crippen molar-refractivity contribution in [2.45, 2.75) is 45.7 Å². The Morgan fingerprint density at radius 2 is 2.00 bits per heavy atom. The maximum Gasteiger partial charge on any atom is 0.272 e. The fourth-order valence-corrected chi connectivity index (χ4v) is 4.71. The van der Waals surface area contributed by atoms with Gasteiger partial charge >= 0.3 is 0 Å². The SMILES string of the molecule is Cc1nc2ccccc2n(CC(=O)N(C)Cc2nc3c(s2)CCCC3)c1=O. The summed E-state index contributed by atoms with van der Waals surface area (Å²) >= 11 is 1.71. The number of nitrogens with zero attached hydrogens (tertiary/aromatic N) is 4. The van der Waals surface area contributed by atoms with Crippen molar-refractivity contribution in [1.82, 2.24) is 19.4 Å². The van der Waals surface area contributed by atoms with E-state index in [-0.39, 0.29) is 18.0 Å². The number of aryl methyl sites for hydroxylation is 3. The van der Waals surface area contributed by atoms with Crippen molar-refractivity contribution in [2.24, 2.45) is 0 Å². The molecule has 6 nitrogen and oxygen atoms in total. The summed E-state index contributed by atoms with van der Waals surface area (Å²) in [6.07, 6.45) is 4.56. The third-order valence-corrected chi connectivity index (χ3v) is 6.14. The van der Waals surface area contributed by atoms with E-state index in [9.17, 15) is 9.59 Å². The number of carbonyl (C=O) groups is 1. The highest BCUT2D eigenvalue weighted by Crippen LogP contribution is 2.27. The lowest BCUT2D eigenvalue weighted by atomic mass is 10.0. The van der Waals surface area contributed by atoms with Crippen LogP contribution in [0.25, 0.3) is 11.0 Å². The van der Waals surface area contributed by atoms with Crippen molar-refractivity contribution in [3.63, 3.8) is 0 Å². The summed E-state index contributed by atoms with van der Waals surface area (Å²) in [5, 5.41) is 0.973. The minimum atomic E-state index is -0.222. The largest absolute Gasteiger partial charge is 0.337 e. The Balaban J connectivity index is 1.55. The maximum atomic E-state index is 12.8. The zero-order chi connectivity index (χ0) is 19.0. The molecular formula is C20H22N4O2S. The lowest BCUT2D eigenvalue weighted by Crippen LogP contribution is -2.34. The third-order valence-electron chi connectivity index (χ3n) is 5.00. The van der Waals surface area contributed by atoms with Gasteiger partial charge in [0.2, 0.25) is 5.91 Å². The maximum absolute atomic E-state index is 12.8. The molecule has 0 radical (unpaired) electrons. The summed E-state index contributed by atoms with van der Waals surface area (Å²) in [6.45, 7) is 2.16. The fourth-order valence-electron chi connectivity index (χ4n) is 3.50. The number of benzene rings is 1. The number of amides is 1. The van der Waals surface area contributed by atoms with Gasteiger partial charge in [0, 0.05) is 11.9 Å². The summed E-state index contributed by atoms with van der Waals surface area (Å²) in [6, 6.07) is 7.41. The summed E-state index contributed by atoms with van der Waals surface area (Å²) in [5.74, 6) is -0.110. The molecule has 140 valence electrons. The molecule has 0 bridgehead atoms. The minimum Gasteiger partial charge on any atom is -0.337 e. The molecule has 0 N–H and O–H groups in total. The average molecular weight is 382 g/mol. The molecule has 0 fully saturated rings. The van der Waals surface area contributed by atoms with Crippen LogP contribution < -0.4 is 5.56 Å². The number of thiazole rings is 1. The molecule has 1 aliphatic carbocycles. The monoisotopic (exact) mass is 382 g/mol. The van der Waals surface area contributed by atoms with Crippen LogP contribution in [0.3, 0.4) is 0 Å². The molecule has 2 heterocycles. The molecule has 1 amide bonds. The average Bonchev–Trinajstić information content (AvgIpc) is 3.07. The van der Waals surface area contributed by atoms with Crippen molar-refractivity contribution in [3.05, 3.63) is 55.9 Å². The second-order valence-corrected chi connectivity index (χ2v) is 8.18. The van der Waals surface area contributed by atoms with E-state index in [0.29, 0.717) is 17.8 Å². The van der Waals surface area contributed by atoms with E-state index in [1.807, 2.05) is 24.3 Å². The molecule has 27 heavy (non-hydrogen) atoms. The molecule has 0 atom stereocenters. The molecule has 0 saturated heterocycles. The zero-order valence-corrected chi connectivity index (χ0v) is 16.4. The van der Waals surface area contributed by atoms with Crippen LogP contribution in [-0.4, -0.2) is 32.4 Å². The lowest BCUT2D eigenvalue weighted by Gasteiger charge is -2.17. The topological polar surface area (TPSA) is 68.1 Å². The lowest BCUT2D eigenvalue weighted by molar-refractivity contribution is -0.131. The number of aromatic nitrogens is 3. The molecule has 0 unspecified atom stereocenters. The second kappa shape index (κ2) is 7.23. The molecular weight excluding hydrogens is 360 g/mol. The van der Waals surface area contributed by atoms with E-state index in [1.165, 1.54) is 28.0 Å². The highest BCUT2D eigenvalue weighted by molar-refractivity contribution is 7.11. The van der Waals surface area contributed by atoms with Crippen LogP contribution in [0.4, 0.5) is 0 Å². The minimum absolute atomic E-state index is 0.00426. The van der Waals surface area contributed by atoms with Crippen LogP contribution >= 0.6 is 11.3 Å². The van der Waals surface area contributed by atoms with Gasteiger partial charge in [-0.05, 0) is 44.7 Å². The number of hydrogen-bond acceptors (Lipinski definition) is 5. The van der Waals surface area contributed by atoms with Crippen LogP contribution in [-0.2, 0) is 30.7 Å². The van der Waals surface area contributed by atoms with Crippen LogP contribution in [0, 0.1) is 6.92 Å². The Hall–Kier alpha value is -2.54. The van der Waals surface area contributed by atoms with E-state index in [4.69, 9.17) is 4.98 Å². The summed E-state index contributed by atoms with van der Waals surface area (Å²) in [7, 11) is 1.77. The van der Waals surface area contributed by atoms with Crippen molar-refractivity contribution in [3.8, 4) is 0 Å². The summed E-state index contributed by atoms with van der Waals surface area (Å²) < 4.78 is 1.52. The van der Waals surface area contributed by atoms with Crippen LogP contribution in [0.15, 0.2) is 29.1 Å². The van der Waals surface area contributed by atoms with Crippen LogP contribution in [0.1, 0.15) is 34.1 Å². The first-order valence-electron chi connectivity index (χ1n) is 9.20. The number of hydrogen-bond donors (Lipinski definition) is 0. The van der Waals surface area contributed by atoms with Crippen molar-refractivity contribution in [1.29, 1.82) is 0 Å². The Labute approximate surface area is 161 Å². The van der Waals surface area contributed by atoms with Gasteiger partial charge < -0.3 is 4.90 Å². The Morgan fingerprint density at radius 3 is 2.81 bits per heavy atom. The standard InChI is InChI=1S/C20H22N4O2S/c1-13-20(26)24(16-9-5-3-7-14(16)21-13)12-19(25)23(2)11-18-22-15-8-4-6-10-17(15)27-18/h3,5,7,9H,4,6,8,10-12H2,1-2H3. The molecule has 1 aliphatic rings. The Morgan fingerprint density at radius 1 is 1.22 bits per heavy atom. The number of rotatable bonds is 4. The van der Waals surface area contributed by atoms with Gasteiger partial charge in [0.1, 0.15) is 17.2 Å². The van der Waals surface area contributed by atoms with Gasteiger partial charge in [-0.1, -0.05) is 12.1 Å². The Kier molecular flexibility index (Phi) is 4.78. The predicted octanol–water partition coefficient (Wildman–Crippen LogP) is 2.70. The molecule has 0 spiro atoms. The highest BCUT2D eigenvalue weighted by Gasteiger charge is 2.19. The summed E-state index contributed by atoms with van der Waals surface area (Å²) in [5.41, 5.74) is 2.78. The zero-order valence-electron chi connectivity index (χ0n) is 15.6. The first kappa shape index (κ1) is 17.9. The molecule has 1 aromatic carbocycles. The van der Waals surface area contributed by atoms with Gasteiger partial charge in [0.15, 0.2) is 0 Å². The second-order valence-electron chi connectivity index (χ2n) is 7.01. The smallest absolute Gasteiger partial charge is 0.272 e. The van der Waals surface area contributed by atoms with Gasteiger partial charge in [-0.25, -0.2) is 9.97 Å². The van der Waals surface area contributed by atoms with Gasteiger partial charge in [-0.15, -0.1) is 11.3 Å². The third kappa shape index (κ3) is 3.51. The predicted molar refractivity (Wildman–Crippen MR) is 106 cm³/mol.